The Morgan fingerprint density at radius 2 is 1.47 bits per heavy atom. The van der Waals surface area contributed by atoms with Crippen LogP contribution >= 0.6 is 0 Å². The van der Waals surface area contributed by atoms with E-state index in [9.17, 15) is 18.8 Å². The highest BCUT2D eigenvalue weighted by atomic mass is 19.1. The van der Waals surface area contributed by atoms with E-state index in [-0.39, 0.29) is 30.9 Å². The van der Waals surface area contributed by atoms with Crippen molar-refractivity contribution in [3.63, 3.8) is 0 Å². The van der Waals surface area contributed by atoms with Crippen LogP contribution < -0.4 is 16.0 Å². The molecule has 2 aromatic rings. The smallest absolute Gasteiger partial charge is 0.407 e. The molecule has 3 N–H and O–H groups in total. The van der Waals surface area contributed by atoms with Gasteiger partial charge in [0.15, 0.2) is 0 Å². The topological polar surface area (TPSA) is 96.5 Å². The minimum absolute atomic E-state index is 0.0246. The lowest BCUT2D eigenvalue weighted by Crippen LogP contribution is -2.34. The Bertz CT molecular complexity index is 909. The summed E-state index contributed by atoms with van der Waals surface area (Å²) in [4.78, 5) is 36.1. The molecule has 0 saturated carbocycles. The van der Waals surface area contributed by atoms with E-state index in [1.165, 1.54) is 6.07 Å². The highest BCUT2D eigenvalue weighted by Crippen LogP contribution is 2.21. The first kappa shape index (κ1) is 22.9. The maximum Gasteiger partial charge on any atom is 0.407 e. The number of alkyl carbamates (subject to hydrolysis) is 1. The third-order valence-corrected chi connectivity index (χ3v) is 3.80. The fourth-order valence-electron chi connectivity index (χ4n) is 2.52. The van der Waals surface area contributed by atoms with Gasteiger partial charge < -0.3 is 20.7 Å². The summed E-state index contributed by atoms with van der Waals surface area (Å²) >= 11 is 0. The van der Waals surface area contributed by atoms with Crippen molar-refractivity contribution in [2.24, 2.45) is 0 Å². The summed E-state index contributed by atoms with van der Waals surface area (Å²) in [7, 11) is 0. The van der Waals surface area contributed by atoms with Gasteiger partial charge in [-0.25, -0.2) is 9.18 Å². The molecule has 7 nitrogen and oxygen atoms in total. The van der Waals surface area contributed by atoms with E-state index in [2.05, 4.69) is 16.0 Å². The van der Waals surface area contributed by atoms with Gasteiger partial charge in [-0.15, -0.1) is 0 Å². The third-order valence-electron chi connectivity index (χ3n) is 3.80. The Balaban J connectivity index is 1.88. The number of halogens is 1. The van der Waals surface area contributed by atoms with Gasteiger partial charge in [0.25, 0.3) is 0 Å². The first-order valence-electron chi connectivity index (χ1n) is 9.53. The average molecular weight is 415 g/mol. The Morgan fingerprint density at radius 3 is 2.07 bits per heavy atom. The quantitative estimate of drug-likeness (QED) is 0.640. The molecule has 30 heavy (non-hydrogen) atoms. The molecule has 160 valence electrons. The lowest BCUT2D eigenvalue weighted by molar-refractivity contribution is -0.116. The van der Waals surface area contributed by atoms with Crippen LogP contribution in [-0.4, -0.2) is 30.1 Å². The molecule has 0 aromatic heterocycles. The van der Waals surface area contributed by atoms with Gasteiger partial charge in [0.05, 0.1) is 17.8 Å². The van der Waals surface area contributed by atoms with E-state index in [1.54, 1.807) is 63.2 Å². The second kappa shape index (κ2) is 10.4. The highest BCUT2D eigenvalue weighted by molar-refractivity contribution is 6.00. The summed E-state index contributed by atoms with van der Waals surface area (Å²) in [6.45, 7) is 5.34. The van der Waals surface area contributed by atoms with Crippen molar-refractivity contribution in [1.82, 2.24) is 5.32 Å². The van der Waals surface area contributed by atoms with E-state index < -0.39 is 23.4 Å². The van der Waals surface area contributed by atoms with Crippen LogP contribution in [0.25, 0.3) is 0 Å². The predicted octanol–water partition coefficient (Wildman–Crippen LogP) is 3.86. The number of amides is 3. The van der Waals surface area contributed by atoms with Crippen molar-refractivity contribution >= 4 is 29.3 Å². The van der Waals surface area contributed by atoms with Gasteiger partial charge in [0.2, 0.25) is 11.8 Å². The number of nitrogens with one attached hydrogen (secondary N) is 3. The first-order chi connectivity index (χ1) is 14.1. The number of hydrogen-bond donors (Lipinski definition) is 3. The number of carbonyl (C=O) groups is 3. The lowest BCUT2D eigenvalue weighted by Gasteiger charge is -2.19. The number of carbonyl (C=O) groups excluding carboxylic acids is 3. The molecular formula is C22H26FN3O4. The van der Waals surface area contributed by atoms with Crippen molar-refractivity contribution in [1.29, 1.82) is 0 Å². The van der Waals surface area contributed by atoms with Gasteiger partial charge in [-0.05, 0) is 44.5 Å². The van der Waals surface area contributed by atoms with Crippen LogP contribution in [0.4, 0.5) is 20.6 Å². The molecule has 0 aliphatic heterocycles. The standard InChI is InChI=1S/C22H26FN3O4/c1-22(2,3)30-21(29)24-13-12-19(27)25-17-10-6-7-11-18(17)26-20(28)14-15-8-4-5-9-16(15)23/h4-11H,12-14H2,1-3H3,(H,24,29)(H,25,27)(H,26,28). The second-order valence-corrected chi connectivity index (χ2v) is 7.59. The van der Waals surface area contributed by atoms with Gasteiger partial charge in [-0.3, -0.25) is 9.59 Å². The van der Waals surface area contributed by atoms with Gasteiger partial charge in [0, 0.05) is 13.0 Å². The molecule has 0 spiro atoms. The van der Waals surface area contributed by atoms with E-state index in [4.69, 9.17) is 4.74 Å². The van der Waals surface area contributed by atoms with Crippen molar-refractivity contribution in [2.75, 3.05) is 17.2 Å². The van der Waals surface area contributed by atoms with Crippen LogP contribution in [0.1, 0.15) is 32.8 Å². The molecule has 0 radical (unpaired) electrons. The number of rotatable bonds is 7. The molecule has 2 aromatic carbocycles. The summed E-state index contributed by atoms with van der Waals surface area (Å²) in [5.74, 6) is -1.21. The second-order valence-electron chi connectivity index (χ2n) is 7.59. The zero-order valence-corrected chi connectivity index (χ0v) is 17.3. The Morgan fingerprint density at radius 1 is 0.900 bits per heavy atom. The van der Waals surface area contributed by atoms with Crippen LogP contribution in [0.5, 0.6) is 0 Å². The predicted molar refractivity (Wildman–Crippen MR) is 113 cm³/mol. The van der Waals surface area contributed by atoms with E-state index >= 15 is 0 Å². The fraction of sp³-hybridized carbons (Fsp3) is 0.318. The van der Waals surface area contributed by atoms with E-state index in [1.807, 2.05) is 0 Å². The summed E-state index contributed by atoms with van der Waals surface area (Å²) in [5, 5.41) is 7.88. The van der Waals surface area contributed by atoms with E-state index in [0.717, 1.165) is 0 Å². The maximum absolute atomic E-state index is 13.7. The molecule has 3 amide bonds. The van der Waals surface area contributed by atoms with Crippen LogP contribution in [0, 0.1) is 5.82 Å². The van der Waals surface area contributed by atoms with Crippen molar-refractivity contribution in [2.45, 2.75) is 39.2 Å². The Kier molecular flexibility index (Phi) is 7.91. The SMILES string of the molecule is CC(C)(C)OC(=O)NCCC(=O)Nc1ccccc1NC(=O)Cc1ccccc1F. The third kappa shape index (κ3) is 7.90. The van der Waals surface area contributed by atoms with Crippen molar-refractivity contribution in [3.05, 3.63) is 59.9 Å². The molecule has 0 aliphatic carbocycles. The molecular weight excluding hydrogens is 389 g/mol. The zero-order valence-electron chi connectivity index (χ0n) is 17.3. The monoisotopic (exact) mass is 415 g/mol. The molecule has 0 heterocycles. The maximum atomic E-state index is 13.7. The minimum Gasteiger partial charge on any atom is -0.444 e. The molecule has 2 rings (SSSR count). The van der Waals surface area contributed by atoms with E-state index in [0.29, 0.717) is 11.4 Å². The lowest BCUT2D eigenvalue weighted by atomic mass is 10.1. The minimum atomic E-state index is -0.619. The number of ether oxygens (including phenoxy) is 1. The Hall–Kier alpha value is -3.42. The van der Waals surface area contributed by atoms with Gasteiger partial charge in [-0.2, -0.15) is 0 Å². The summed E-state index contributed by atoms with van der Waals surface area (Å²) in [6.07, 6.45) is -0.706. The number of hydrogen-bond acceptors (Lipinski definition) is 4. The molecule has 0 atom stereocenters. The van der Waals surface area contributed by atoms with Crippen LogP contribution in [0.15, 0.2) is 48.5 Å². The van der Waals surface area contributed by atoms with Gasteiger partial charge >= 0.3 is 6.09 Å². The molecule has 0 bridgehead atoms. The zero-order chi connectivity index (χ0) is 22.1. The first-order valence-corrected chi connectivity index (χ1v) is 9.53. The molecule has 0 fully saturated rings. The number of benzene rings is 2. The summed E-state index contributed by atoms with van der Waals surface area (Å²) in [5.41, 5.74) is 0.463. The fourth-order valence-corrected chi connectivity index (χ4v) is 2.52. The van der Waals surface area contributed by atoms with Crippen LogP contribution in [-0.2, 0) is 20.7 Å². The van der Waals surface area contributed by atoms with Crippen LogP contribution in [0.2, 0.25) is 0 Å². The molecule has 8 heteroatoms. The summed E-state index contributed by atoms with van der Waals surface area (Å²) in [6, 6.07) is 12.7. The normalized spacial score (nSPS) is 10.8. The highest BCUT2D eigenvalue weighted by Gasteiger charge is 2.16. The molecule has 0 unspecified atom stereocenters. The van der Waals surface area contributed by atoms with Crippen molar-refractivity contribution in [3.8, 4) is 0 Å². The van der Waals surface area contributed by atoms with Gasteiger partial charge in [0.1, 0.15) is 11.4 Å². The number of anilines is 2. The van der Waals surface area contributed by atoms with Gasteiger partial charge in [-0.1, -0.05) is 30.3 Å². The molecule has 0 saturated heterocycles. The van der Waals surface area contributed by atoms with Crippen molar-refractivity contribution < 1.29 is 23.5 Å². The van der Waals surface area contributed by atoms with Crippen LogP contribution in [0.3, 0.4) is 0 Å². The average Bonchev–Trinajstić information content (AvgIpc) is 2.64. The Labute approximate surface area is 175 Å². The molecule has 0 aliphatic rings. The number of para-hydroxylation sites is 2. The largest absolute Gasteiger partial charge is 0.444 e. The summed E-state index contributed by atoms with van der Waals surface area (Å²) < 4.78 is 18.8.